The quantitative estimate of drug-likeness (QED) is 0.808. The standard InChI is InChI=1S/C15H16ClNO/c16-10-15(13-6-2-1-3-7-13)17-11-12-5-4-8-14(18)9-12/h1-9,15,17-18H,10-11H2. The molecule has 0 saturated carbocycles. The van der Waals surface area contributed by atoms with E-state index in [2.05, 4.69) is 17.4 Å². The molecule has 0 saturated heterocycles. The Hall–Kier alpha value is -1.51. The largest absolute Gasteiger partial charge is 0.508 e. The van der Waals surface area contributed by atoms with E-state index in [0.717, 1.165) is 5.56 Å². The van der Waals surface area contributed by atoms with Crippen LogP contribution in [0, 0.1) is 0 Å². The van der Waals surface area contributed by atoms with Gasteiger partial charge in [-0.15, -0.1) is 11.6 Å². The first-order chi connectivity index (χ1) is 8.79. The molecule has 18 heavy (non-hydrogen) atoms. The first kappa shape index (κ1) is 12.9. The molecule has 0 heterocycles. The van der Waals surface area contributed by atoms with Gasteiger partial charge in [-0.2, -0.15) is 0 Å². The van der Waals surface area contributed by atoms with Gasteiger partial charge >= 0.3 is 0 Å². The number of hydrogen-bond donors (Lipinski definition) is 2. The summed E-state index contributed by atoms with van der Waals surface area (Å²) in [5.41, 5.74) is 2.22. The van der Waals surface area contributed by atoms with Gasteiger partial charge in [-0.05, 0) is 23.3 Å². The number of phenols is 1. The maximum atomic E-state index is 9.40. The fourth-order valence-electron chi connectivity index (χ4n) is 1.85. The molecular weight excluding hydrogens is 246 g/mol. The molecule has 94 valence electrons. The Morgan fingerprint density at radius 1 is 1.06 bits per heavy atom. The van der Waals surface area contributed by atoms with Gasteiger partial charge < -0.3 is 10.4 Å². The molecule has 0 aliphatic heterocycles. The summed E-state index contributed by atoms with van der Waals surface area (Å²) in [6, 6.07) is 17.5. The van der Waals surface area contributed by atoms with E-state index in [1.54, 1.807) is 12.1 Å². The van der Waals surface area contributed by atoms with Crippen LogP contribution in [0.25, 0.3) is 0 Å². The lowest BCUT2D eigenvalue weighted by molar-refractivity contribution is 0.473. The van der Waals surface area contributed by atoms with Crippen LogP contribution in [-0.2, 0) is 6.54 Å². The topological polar surface area (TPSA) is 32.3 Å². The van der Waals surface area contributed by atoms with Gasteiger partial charge in [-0.1, -0.05) is 42.5 Å². The minimum Gasteiger partial charge on any atom is -0.508 e. The molecule has 0 spiro atoms. The molecule has 0 fully saturated rings. The van der Waals surface area contributed by atoms with Gasteiger partial charge in [0, 0.05) is 18.5 Å². The first-order valence-electron chi connectivity index (χ1n) is 5.92. The monoisotopic (exact) mass is 261 g/mol. The molecule has 0 radical (unpaired) electrons. The van der Waals surface area contributed by atoms with E-state index in [1.165, 1.54) is 5.56 Å². The maximum Gasteiger partial charge on any atom is 0.115 e. The van der Waals surface area contributed by atoms with Gasteiger partial charge in [-0.3, -0.25) is 0 Å². The molecule has 3 heteroatoms. The highest BCUT2D eigenvalue weighted by molar-refractivity contribution is 6.18. The summed E-state index contributed by atoms with van der Waals surface area (Å²) in [6.07, 6.45) is 0. The van der Waals surface area contributed by atoms with Gasteiger partial charge in [0.25, 0.3) is 0 Å². The summed E-state index contributed by atoms with van der Waals surface area (Å²) in [6.45, 7) is 0.681. The summed E-state index contributed by atoms with van der Waals surface area (Å²) in [5, 5.41) is 12.8. The van der Waals surface area contributed by atoms with Gasteiger partial charge in [0.05, 0.1) is 0 Å². The van der Waals surface area contributed by atoms with Crippen molar-refractivity contribution in [3.05, 3.63) is 65.7 Å². The lowest BCUT2D eigenvalue weighted by Gasteiger charge is -2.16. The molecule has 1 atom stereocenters. The zero-order chi connectivity index (χ0) is 12.8. The van der Waals surface area contributed by atoms with Crippen LogP contribution >= 0.6 is 11.6 Å². The molecule has 2 nitrogen and oxygen atoms in total. The van der Waals surface area contributed by atoms with Crippen molar-refractivity contribution < 1.29 is 5.11 Å². The average Bonchev–Trinajstić information content (AvgIpc) is 2.41. The van der Waals surface area contributed by atoms with Gasteiger partial charge in [0.2, 0.25) is 0 Å². The third kappa shape index (κ3) is 3.49. The minimum atomic E-state index is 0.121. The molecular formula is C15H16ClNO. The van der Waals surface area contributed by atoms with Crippen LogP contribution in [0.4, 0.5) is 0 Å². The van der Waals surface area contributed by atoms with Crippen LogP contribution in [0.15, 0.2) is 54.6 Å². The zero-order valence-corrected chi connectivity index (χ0v) is 10.8. The van der Waals surface area contributed by atoms with Crippen molar-refractivity contribution in [3.8, 4) is 5.75 Å². The van der Waals surface area contributed by atoms with Crippen molar-refractivity contribution in [3.63, 3.8) is 0 Å². The second-order valence-corrected chi connectivity index (χ2v) is 4.48. The Morgan fingerprint density at radius 2 is 1.83 bits per heavy atom. The van der Waals surface area contributed by atoms with Gasteiger partial charge in [-0.25, -0.2) is 0 Å². The number of hydrogen-bond acceptors (Lipinski definition) is 2. The smallest absolute Gasteiger partial charge is 0.115 e. The second-order valence-electron chi connectivity index (χ2n) is 4.17. The van der Waals surface area contributed by atoms with E-state index < -0.39 is 0 Å². The third-order valence-corrected chi connectivity index (χ3v) is 3.13. The molecule has 0 aromatic heterocycles. The number of halogens is 1. The maximum absolute atomic E-state index is 9.40. The van der Waals surface area contributed by atoms with E-state index in [1.807, 2.05) is 30.3 Å². The summed E-state index contributed by atoms with van der Waals surface area (Å²) >= 11 is 5.99. The summed E-state index contributed by atoms with van der Waals surface area (Å²) in [4.78, 5) is 0. The summed E-state index contributed by atoms with van der Waals surface area (Å²) < 4.78 is 0. The SMILES string of the molecule is Oc1cccc(CNC(CCl)c2ccccc2)c1. The van der Waals surface area contributed by atoms with Crippen LogP contribution in [0.3, 0.4) is 0 Å². The predicted octanol–water partition coefficient (Wildman–Crippen LogP) is 3.46. The lowest BCUT2D eigenvalue weighted by atomic mass is 10.1. The zero-order valence-electron chi connectivity index (χ0n) is 10.0. The fraction of sp³-hybridized carbons (Fsp3) is 0.200. The molecule has 1 unspecified atom stereocenters. The molecule has 0 aliphatic rings. The first-order valence-corrected chi connectivity index (χ1v) is 6.45. The Labute approximate surface area is 112 Å². The second kappa shape index (κ2) is 6.43. The molecule has 2 aromatic carbocycles. The number of benzene rings is 2. The number of phenolic OH excluding ortho intramolecular Hbond substituents is 1. The summed E-state index contributed by atoms with van der Waals surface area (Å²) in [5.74, 6) is 0.805. The molecule has 0 aliphatic carbocycles. The fourth-order valence-corrected chi connectivity index (χ4v) is 2.14. The van der Waals surface area contributed by atoms with Crippen molar-refractivity contribution in [2.24, 2.45) is 0 Å². The third-order valence-electron chi connectivity index (χ3n) is 2.82. The average molecular weight is 262 g/mol. The highest BCUT2D eigenvalue weighted by atomic mass is 35.5. The molecule has 2 rings (SSSR count). The highest BCUT2D eigenvalue weighted by Crippen LogP contribution is 2.16. The lowest BCUT2D eigenvalue weighted by Crippen LogP contribution is -2.22. The molecule has 0 amide bonds. The van der Waals surface area contributed by atoms with Crippen molar-refractivity contribution >= 4 is 11.6 Å². The number of nitrogens with one attached hydrogen (secondary N) is 1. The van der Waals surface area contributed by atoms with Crippen LogP contribution in [0.2, 0.25) is 0 Å². The van der Waals surface area contributed by atoms with Crippen molar-refractivity contribution in [2.75, 3.05) is 5.88 Å². The molecule has 2 aromatic rings. The van der Waals surface area contributed by atoms with Crippen LogP contribution in [-0.4, -0.2) is 11.0 Å². The normalized spacial score (nSPS) is 12.3. The van der Waals surface area contributed by atoms with Crippen molar-refractivity contribution in [1.29, 1.82) is 0 Å². The Kier molecular flexibility index (Phi) is 4.62. The van der Waals surface area contributed by atoms with E-state index >= 15 is 0 Å². The van der Waals surface area contributed by atoms with E-state index in [4.69, 9.17) is 11.6 Å². The highest BCUT2D eigenvalue weighted by Gasteiger charge is 2.08. The van der Waals surface area contributed by atoms with E-state index in [0.29, 0.717) is 12.4 Å². The van der Waals surface area contributed by atoms with E-state index in [-0.39, 0.29) is 11.8 Å². The van der Waals surface area contributed by atoms with Crippen LogP contribution < -0.4 is 5.32 Å². The number of aromatic hydroxyl groups is 1. The Balaban J connectivity index is 2.00. The predicted molar refractivity (Wildman–Crippen MR) is 74.8 cm³/mol. The number of alkyl halides is 1. The van der Waals surface area contributed by atoms with Gasteiger partial charge in [0.15, 0.2) is 0 Å². The van der Waals surface area contributed by atoms with Crippen molar-refractivity contribution in [1.82, 2.24) is 5.32 Å². The molecule has 2 N–H and O–H groups in total. The van der Waals surface area contributed by atoms with E-state index in [9.17, 15) is 5.11 Å². The molecule has 0 bridgehead atoms. The van der Waals surface area contributed by atoms with Gasteiger partial charge in [0.1, 0.15) is 5.75 Å². The minimum absolute atomic E-state index is 0.121. The summed E-state index contributed by atoms with van der Waals surface area (Å²) in [7, 11) is 0. The number of rotatable bonds is 5. The Morgan fingerprint density at radius 3 is 2.50 bits per heavy atom. The van der Waals surface area contributed by atoms with Crippen LogP contribution in [0.5, 0.6) is 5.75 Å². The Bertz CT molecular complexity index is 487. The van der Waals surface area contributed by atoms with Crippen LogP contribution in [0.1, 0.15) is 17.2 Å². The van der Waals surface area contributed by atoms with Crippen molar-refractivity contribution in [2.45, 2.75) is 12.6 Å².